The normalized spacial score (nSPS) is 11.5. The first-order chi connectivity index (χ1) is 16.2. The van der Waals surface area contributed by atoms with Crippen molar-refractivity contribution in [2.24, 2.45) is 0 Å². The fourth-order valence-electron chi connectivity index (χ4n) is 3.38. The van der Waals surface area contributed by atoms with Crippen molar-refractivity contribution in [1.29, 1.82) is 0 Å². The van der Waals surface area contributed by atoms with Crippen LogP contribution in [0.15, 0.2) is 74.9 Å². The molecule has 0 bridgehead atoms. The number of ether oxygens (including phenoxy) is 1. The summed E-state index contributed by atoms with van der Waals surface area (Å²) in [7, 11) is 0. The van der Waals surface area contributed by atoms with Crippen LogP contribution in [0.5, 0.6) is 5.75 Å². The highest BCUT2D eigenvalue weighted by Crippen LogP contribution is 2.29. The monoisotopic (exact) mass is 477 g/mol. The lowest BCUT2D eigenvalue weighted by molar-refractivity contribution is -0.118. The molecule has 4 rings (SSSR count). The maximum absolute atomic E-state index is 12.5. The smallest absolute Gasteiger partial charge is 0.287 e. The number of hydrogen-bond donors (Lipinski definition) is 1. The van der Waals surface area contributed by atoms with Gasteiger partial charge in [0.25, 0.3) is 11.5 Å². The Bertz CT molecular complexity index is 1370. The average Bonchev–Trinajstić information content (AvgIpc) is 3.17. The molecule has 0 fully saturated rings. The Balaban J connectivity index is 1.37. The Morgan fingerprint density at radius 2 is 1.85 bits per heavy atom. The van der Waals surface area contributed by atoms with Gasteiger partial charge in [0.15, 0.2) is 12.3 Å². The van der Waals surface area contributed by atoms with E-state index < -0.39 is 0 Å². The number of anilines is 1. The minimum atomic E-state index is -0.261. The number of benzene rings is 2. The lowest BCUT2D eigenvalue weighted by Gasteiger charge is -2.19. The van der Waals surface area contributed by atoms with E-state index in [0.29, 0.717) is 34.3 Å². The number of nitrogens with zero attached hydrogens (tertiary/aromatic N) is 2. The molecule has 0 aliphatic carbocycles. The van der Waals surface area contributed by atoms with Crippen LogP contribution in [0.2, 0.25) is 0 Å². The molecule has 0 atom stereocenters. The Hall–Kier alpha value is -3.52. The highest BCUT2D eigenvalue weighted by atomic mass is 32.2. The van der Waals surface area contributed by atoms with Gasteiger partial charge in [-0.3, -0.25) is 9.59 Å². The van der Waals surface area contributed by atoms with Crippen LogP contribution in [0.25, 0.3) is 5.65 Å². The summed E-state index contributed by atoms with van der Waals surface area (Å²) in [5.41, 5.74) is 2.80. The molecule has 0 radical (unpaired) electrons. The van der Waals surface area contributed by atoms with Gasteiger partial charge in [-0.05, 0) is 42.2 Å². The molecule has 1 N–H and O–H groups in total. The van der Waals surface area contributed by atoms with Crippen LogP contribution in [0, 0.1) is 6.92 Å². The van der Waals surface area contributed by atoms with Gasteiger partial charge in [-0.1, -0.05) is 45.0 Å². The lowest BCUT2D eigenvalue weighted by Crippen LogP contribution is -2.20. The molecule has 1 amide bonds. The Kier molecular flexibility index (Phi) is 6.79. The predicted octanol–water partition coefficient (Wildman–Crippen LogP) is 5.20. The van der Waals surface area contributed by atoms with Gasteiger partial charge in [0.1, 0.15) is 11.5 Å². The fraction of sp³-hybridized carbons (Fsp3) is 0.269. The van der Waals surface area contributed by atoms with Crippen molar-refractivity contribution < 1.29 is 14.1 Å². The number of fused-ring (bicyclic) bond motifs is 1. The van der Waals surface area contributed by atoms with E-state index in [-0.39, 0.29) is 23.5 Å². The number of hydrogen-bond acceptors (Lipinski definition) is 6. The quantitative estimate of drug-likeness (QED) is 0.368. The van der Waals surface area contributed by atoms with Crippen molar-refractivity contribution in [3.05, 3.63) is 88.0 Å². The summed E-state index contributed by atoms with van der Waals surface area (Å²) >= 11 is 1.49. The Morgan fingerprint density at radius 1 is 1.12 bits per heavy atom. The van der Waals surface area contributed by atoms with Crippen molar-refractivity contribution >= 4 is 29.0 Å². The number of aromatic nitrogens is 2. The van der Waals surface area contributed by atoms with Gasteiger partial charge in [-0.15, -0.1) is 16.3 Å². The van der Waals surface area contributed by atoms with Crippen LogP contribution < -0.4 is 15.6 Å². The third-order valence-corrected chi connectivity index (χ3v) is 6.26. The van der Waals surface area contributed by atoms with Gasteiger partial charge in [-0.25, -0.2) is 4.98 Å². The van der Waals surface area contributed by atoms with Crippen molar-refractivity contribution in [1.82, 2.24) is 9.56 Å². The zero-order valence-corrected chi connectivity index (χ0v) is 20.4. The zero-order valence-electron chi connectivity index (χ0n) is 19.6. The summed E-state index contributed by atoms with van der Waals surface area (Å²) in [5.74, 6) is 1.49. The predicted molar refractivity (Wildman–Crippen MR) is 134 cm³/mol. The van der Waals surface area contributed by atoms with Crippen molar-refractivity contribution in [2.75, 3.05) is 11.9 Å². The number of carbonyl (C=O) groups excluding carboxylic acids is 1. The van der Waals surface area contributed by atoms with E-state index in [0.717, 1.165) is 4.90 Å². The number of thioether (sulfide) groups is 1. The number of rotatable bonds is 7. The third-order valence-electron chi connectivity index (χ3n) is 5.15. The van der Waals surface area contributed by atoms with Crippen LogP contribution >= 0.6 is 11.8 Å². The zero-order chi connectivity index (χ0) is 24.3. The van der Waals surface area contributed by atoms with Gasteiger partial charge in [0.2, 0.25) is 0 Å². The van der Waals surface area contributed by atoms with Crippen LogP contribution in [0.3, 0.4) is 0 Å². The van der Waals surface area contributed by atoms with Crippen molar-refractivity contribution in [2.45, 2.75) is 43.8 Å². The summed E-state index contributed by atoms with van der Waals surface area (Å²) < 4.78 is 12.2. The molecule has 0 spiro atoms. The molecule has 176 valence electrons. The summed E-state index contributed by atoms with van der Waals surface area (Å²) in [6.07, 6.45) is 0. The number of carbonyl (C=O) groups is 1. The SMILES string of the molecule is Cc1cc2nc(CSc3ccccc3NC(=O)COc3ccc(C(C)(C)C)cc3)cc(=O)n2o1. The molecule has 0 aliphatic heterocycles. The molecule has 2 aromatic carbocycles. The van der Waals surface area contributed by atoms with Crippen LogP contribution in [0.4, 0.5) is 5.69 Å². The van der Waals surface area contributed by atoms with Crippen LogP contribution in [-0.2, 0) is 16.0 Å². The fourth-order valence-corrected chi connectivity index (χ4v) is 4.28. The maximum atomic E-state index is 12.5. The molecular formula is C26H27N3O4S. The second kappa shape index (κ2) is 9.77. The molecule has 0 saturated carbocycles. The molecule has 2 heterocycles. The minimum Gasteiger partial charge on any atom is -0.484 e. The average molecular weight is 478 g/mol. The van der Waals surface area contributed by atoms with E-state index in [2.05, 4.69) is 31.1 Å². The van der Waals surface area contributed by atoms with Crippen molar-refractivity contribution in [3.8, 4) is 5.75 Å². The number of aryl methyl sites for hydroxylation is 1. The third kappa shape index (κ3) is 5.69. The summed E-state index contributed by atoms with van der Waals surface area (Å²) in [6.45, 7) is 8.13. The molecule has 34 heavy (non-hydrogen) atoms. The molecule has 7 nitrogen and oxygen atoms in total. The molecule has 8 heteroatoms. The Morgan fingerprint density at radius 3 is 2.59 bits per heavy atom. The largest absolute Gasteiger partial charge is 0.484 e. The number of para-hydroxylation sites is 1. The van der Waals surface area contributed by atoms with Crippen molar-refractivity contribution in [3.63, 3.8) is 0 Å². The molecule has 0 aliphatic rings. The maximum Gasteiger partial charge on any atom is 0.287 e. The summed E-state index contributed by atoms with van der Waals surface area (Å²) in [4.78, 5) is 30.1. The molecule has 0 unspecified atom stereocenters. The second-order valence-electron chi connectivity index (χ2n) is 8.98. The van der Waals surface area contributed by atoms with Gasteiger partial charge in [0.05, 0.1) is 11.4 Å². The summed E-state index contributed by atoms with van der Waals surface area (Å²) in [6, 6.07) is 18.5. The highest BCUT2D eigenvalue weighted by Gasteiger charge is 2.14. The molecular weight excluding hydrogens is 450 g/mol. The molecule has 0 saturated heterocycles. The van der Waals surface area contributed by atoms with E-state index in [1.807, 2.05) is 48.5 Å². The van der Waals surface area contributed by atoms with E-state index in [1.54, 1.807) is 13.0 Å². The van der Waals surface area contributed by atoms with Gasteiger partial charge in [-0.2, -0.15) is 0 Å². The van der Waals surface area contributed by atoms with Gasteiger partial charge in [0, 0.05) is 22.8 Å². The topological polar surface area (TPSA) is 85.8 Å². The first-order valence-corrected chi connectivity index (χ1v) is 11.9. The highest BCUT2D eigenvalue weighted by molar-refractivity contribution is 7.98. The van der Waals surface area contributed by atoms with E-state index in [1.165, 1.54) is 28.0 Å². The van der Waals surface area contributed by atoms with Crippen LogP contribution in [-0.4, -0.2) is 22.1 Å². The minimum absolute atomic E-state index is 0.0596. The van der Waals surface area contributed by atoms with E-state index >= 15 is 0 Å². The molecule has 4 aromatic rings. The van der Waals surface area contributed by atoms with Gasteiger partial charge >= 0.3 is 0 Å². The number of nitrogens with one attached hydrogen (secondary N) is 1. The standard InChI is InChI=1S/C26H27N3O4S/c1-17-13-23-27-19(14-25(31)29(23)33-17)16-34-22-8-6-5-7-21(22)28-24(30)15-32-20-11-9-18(10-12-20)26(2,3)4/h5-14H,15-16H2,1-4H3,(H,28,30). The number of amides is 1. The van der Waals surface area contributed by atoms with Gasteiger partial charge < -0.3 is 14.6 Å². The van der Waals surface area contributed by atoms with E-state index in [4.69, 9.17) is 9.26 Å². The first-order valence-electron chi connectivity index (χ1n) is 10.9. The van der Waals surface area contributed by atoms with E-state index in [9.17, 15) is 9.59 Å². The lowest BCUT2D eigenvalue weighted by atomic mass is 9.87. The summed E-state index contributed by atoms with van der Waals surface area (Å²) in [5, 5.41) is 2.91. The first kappa shape index (κ1) is 23.6. The van der Waals surface area contributed by atoms with Crippen LogP contribution in [0.1, 0.15) is 37.8 Å². The molecule has 2 aromatic heterocycles. The Labute approximate surface area is 202 Å². The second-order valence-corrected chi connectivity index (χ2v) is 10.00.